The molecule has 17 heavy (non-hydrogen) atoms. The number of ether oxygens (including phenoxy) is 1. The van der Waals surface area contributed by atoms with Crippen molar-refractivity contribution in [2.45, 2.75) is 38.8 Å². The summed E-state index contributed by atoms with van der Waals surface area (Å²) in [6.07, 6.45) is 1.13. The molecule has 1 unspecified atom stereocenters. The van der Waals surface area contributed by atoms with Gasteiger partial charge in [0.2, 0.25) is 0 Å². The van der Waals surface area contributed by atoms with Gasteiger partial charge in [0.15, 0.2) is 0 Å². The van der Waals surface area contributed by atoms with Crippen molar-refractivity contribution in [3.8, 4) is 5.75 Å². The van der Waals surface area contributed by atoms with Crippen LogP contribution in [0.3, 0.4) is 0 Å². The molecule has 1 aromatic carbocycles. The van der Waals surface area contributed by atoms with Gasteiger partial charge >= 0.3 is 0 Å². The topological polar surface area (TPSA) is 33.3 Å². The Balaban J connectivity index is 2.11. The van der Waals surface area contributed by atoms with E-state index in [1.165, 1.54) is 5.56 Å². The van der Waals surface area contributed by atoms with Gasteiger partial charge in [-0.25, -0.2) is 0 Å². The van der Waals surface area contributed by atoms with E-state index in [0.29, 0.717) is 6.04 Å². The van der Waals surface area contributed by atoms with E-state index in [0.717, 1.165) is 24.4 Å². The minimum absolute atomic E-state index is 0.231. The first kappa shape index (κ1) is 12.2. The number of rotatable bonds is 3. The Kier molecular flexibility index (Phi) is 3.29. The molecule has 1 fully saturated rings. The van der Waals surface area contributed by atoms with Crippen LogP contribution in [-0.4, -0.2) is 25.2 Å². The second kappa shape index (κ2) is 4.57. The van der Waals surface area contributed by atoms with Crippen LogP contribution in [0.15, 0.2) is 18.2 Å². The standard InChI is InChI=1S/C14H22N2O/c1-10-5-6-13(17-4)12(7-10)16-11-8-14(2,3)15-9-11/h5-7,11,15-16H,8-9H2,1-4H3. The van der Waals surface area contributed by atoms with Crippen molar-refractivity contribution in [1.29, 1.82) is 0 Å². The summed E-state index contributed by atoms with van der Waals surface area (Å²) in [7, 11) is 1.71. The molecule has 0 radical (unpaired) electrons. The smallest absolute Gasteiger partial charge is 0.141 e. The Hall–Kier alpha value is -1.22. The molecule has 1 aliphatic heterocycles. The van der Waals surface area contributed by atoms with E-state index in [9.17, 15) is 0 Å². The van der Waals surface area contributed by atoms with Crippen LogP contribution in [0.5, 0.6) is 5.75 Å². The highest BCUT2D eigenvalue weighted by Crippen LogP contribution is 2.28. The molecule has 0 saturated carbocycles. The average molecular weight is 234 g/mol. The molecule has 3 nitrogen and oxygen atoms in total. The summed E-state index contributed by atoms with van der Waals surface area (Å²) in [6.45, 7) is 7.58. The summed E-state index contributed by atoms with van der Waals surface area (Å²) >= 11 is 0. The maximum absolute atomic E-state index is 5.38. The minimum atomic E-state index is 0.231. The number of nitrogens with one attached hydrogen (secondary N) is 2. The van der Waals surface area contributed by atoms with Gasteiger partial charge in [-0.15, -0.1) is 0 Å². The van der Waals surface area contributed by atoms with Crippen LogP contribution in [0, 0.1) is 6.92 Å². The molecule has 94 valence electrons. The molecule has 0 aliphatic carbocycles. The molecular formula is C14H22N2O. The van der Waals surface area contributed by atoms with Gasteiger partial charge in [0.1, 0.15) is 5.75 Å². The molecule has 0 bridgehead atoms. The fourth-order valence-corrected chi connectivity index (χ4v) is 2.42. The Morgan fingerprint density at radius 3 is 2.76 bits per heavy atom. The van der Waals surface area contributed by atoms with Gasteiger partial charge in [-0.3, -0.25) is 0 Å². The van der Waals surface area contributed by atoms with Crippen LogP contribution in [-0.2, 0) is 0 Å². The van der Waals surface area contributed by atoms with Crippen molar-refractivity contribution in [2.75, 3.05) is 19.0 Å². The number of benzene rings is 1. The van der Waals surface area contributed by atoms with Crippen LogP contribution >= 0.6 is 0 Å². The lowest BCUT2D eigenvalue weighted by Crippen LogP contribution is -2.31. The summed E-state index contributed by atoms with van der Waals surface area (Å²) in [5.41, 5.74) is 2.57. The third-order valence-corrected chi connectivity index (χ3v) is 3.30. The quantitative estimate of drug-likeness (QED) is 0.843. The fraction of sp³-hybridized carbons (Fsp3) is 0.571. The molecule has 2 rings (SSSR count). The lowest BCUT2D eigenvalue weighted by atomic mass is 10.0. The van der Waals surface area contributed by atoms with Crippen LogP contribution in [0.4, 0.5) is 5.69 Å². The SMILES string of the molecule is COc1ccc(C)cc1NC1CNC(C)(C)C1. The molecule has 1 aliphatic rings. The molecule has 1 heterocycles. The molecular weight excluding hydrogens is 212 g/mol. The lowest BCUT2D eigenvalue weighted by Gasteiger charge is -2.19. The van der Waals surface area contributed by atoms with Crippen molar-refractivity contribution >= 4 is 5.69 Å². The molecule has 2 N–H and O–H groups in total. The lowest BCUT2D eigenvalue weighted by molar-refractivity contribution is 0.415. The molecule has 0 amide bonds. The normalized spacial score (nSPS) is 22.5. The van der Waals surface area contributed by atoms with Crippen LogP contribution in [0.25, 0.3) is 0 Å². The Bertz CT molecular complexity index is 401. The van der Waals surface area contributed by atoms with Crippen LogP contribution in [0.1, 0.15) is 25.8 Å². The zero-order chi connectivity index (χ0) is 12.5. The molecule has 1 saturated heterocycles. The predicted octanol–water partition coefficient (Wildman–Crippen LogP) is 2.56. The second-order valence-electron chi connectivity index (χ2n) is 5.51. The first-order valence-electron chi connectivity index (χ1n) is 6.16. The first-order chi connectivity index (χ1) is 8.00. The monoisotopic (exact) mass is 234 g/mol. The number of anilines is 1. The Labute approximate surface area is 104 Å². The molecule has 1 atom stereocenters. The summed E-state index contributed by atoms with van der Waals surface area (Å²) in [5, 5.41) is 7.08. The maximum Gasteiger partial charge on any atom is 0.141 e. The Morgan fingerprint density at radius 2 is 2.18 bits per heavy atom. The van der Waals surface area contributed by atoms with E-state index in [4.69, 9.17) is 4.74 Å². The van der Waals surface area contributed by atoms with Gasteiger partial charge in [-0.05, 0) is 44.9 Å². The van der Waals surface area contributed by atoms with Gasteiger partial charge in [-0.1, -0.05) is 6.07 Å². The van der Waals surface area contributed by atoms with Crippen molar-refractivity contribution in [2.24, 2.45) is 0 Å². The summed E-state index contributed by atoms with van der Waals surface area (Å²) in [5.74, 6) is 0.917. The van der Waals surface area contributed by atoms with Gasteiger partial charge < -0.3 is 15.4 Å². The van der Waals surface area contributed by atoms with E-state index in [1.807, 2.05) is 6.07 Å². The number of methoxy groups -OCH3 is 1. The van der Waals surface area contributed by atoms with Gasteiger partial charge in [0.25, 0.3) is 0 Å². The highest BCUT2D eigenvalue weighted by Gasteiger charge is 2.30. The van der Waals surface area contributed by atoms with Crippen LogP contribution in [0.2, 0.25) is 0 Å². The third kappa shape index (κ3) is 2.91. The molecule has 0 spiro atoms. The number of hydrogen-bond donors (Lipinski definition) is 2. The fourth-order valence-electron chi connectivity index (χ4n) is 2.42. The molecule has 3 heteroatoms. The van der Waals surface area contributed by atoms with Gasteiger partial charge in [-0.2, -0.15) is 0 Å². The van der Waals surface area contributed by atoms with Gasteiger partial charge in [0.05, 0.1) is 12.8 Å². The largest absolute Gasteiger partial charge is 0.495 e. The Morgan fingerprint density at radius 1 is 1.41 bits per heavy atom. The number of hydrogen-bond acceptors (Lipinski definition) is 3. The summed E-state index contributed by atoms with van der Waals surface area (Å²) in [4.78, 5) is 0. The predicted molar refractivity (Wildman–Crippen MR) is 71.8 cm³/mol. The van der Waals surface area contributed by atoms with Crippen molar-refractivity contribution < 1.29 is 4.74 Å². The molecule has 1 aromatic rings. The van der Waals surface area contributed by atoms with E-state index in [2.05, 4.69) is 43.5 Å². The maximum atomic E-state index is 5.38. The highest BCUT2D eigenvalue weighted by molar-refractivity contribution is 5.58. The zero-order valence-electron chi connectivity index (χ0n) is 11.1. The van der Waals surface area contributed by atoms with Crippen LogP contribution < -0.4 is 15.4 Å². The first-order valence-corrected chi connectivity index (χ1v) is 6.16. The average Bonchev–Trinajstić information content (AvgIpc) is 2.58. The van der Waals surface area contributed by atoms with E-state index in [-0.39, 0.29) is 5.54 Å². The van der Waals surface area contributed by atoms with E-state index >= 15 is 0 Å². The third-order valence-electron chi connectivity index (χ3n) is 3.30. The number of aryl methyl sites for hydroxylation is 1. The van der Waals surface area contributed by atoms with Gasteiger partial charge in [0, 0.05) is 18.1 Å². The zero-order valence-corrected chi connectivity index (χ0v) is 11.1. The van der Waals surface area contributed by atoms with Crippen molar-refractivity contribution in [3.63, 3.8) is 0 Å². The summed E-state index contributed by atoms with van der Waals surface area (Å²) in [6, 6.07) is 6.71. The second-order valence-corrected chi connectivity index (χ2v) is 5.51. The highest BCUT2D eigenvalue weighted by atomic mass is 16.5. The molecule has 0 aromatic heterocycles. The summed E-state index contributed by atoms with van der Waals surface area (Å²) < 4.78 is 5.38. The van der Waals surface area contributed by atoms with E-state index < -0.39 is 0 Å². The van der Waals surface area contributed by atoms with E-state index in [1.54, 1.807) is 7.11 Å². The van der Waals surface area contributed by atoms with Crippen molar-refractivity contribution in [1.82, 2.24) is 5.32 Å². The van der Waals surface area contributed by atoms with Crippen molar-refractivity contribution in [3.05, 3.63) is 23.8 Å². The minimum Gasteiger partial charge on any atom is -0.495 e.